The molecule has 2 aromatic heterocycles. The number of hydrogen-bond acceptors (Lipinski definition) is 8. The summed E-state index contributed by atoms with van der Waals surface area (Å²) in [4.78, 5) is 25.7. The highest BCUT2D eigenvalue weighted by atomic mass is 32.1. The second-order valence-electron chi connectivity index (χ2n) is 6.26. The molecule has 2 heterocycles. The van der Waals surface area contributed by atoms with Gasteiger partial charge in [0.1, 0.15) is 11.3 Å². The number of hydrogen-bond donors (Lipinski definition) is 2. The van der Waals surface area contributed by atoms with Gasteiger partial charge in [0.15, 0.2) is 0 Å². The summed E-state index contributed by atoms with van der Waals surface area (Å²) in [6, 6.07) is 7.36. The van der Waals surface area contributed by atoms with Crippen molar-refractivity contribution >= 4 is 33.9 Å². The van der Waals surface area contributed by atoms with Crippen molar-refractivity contribution in [2.45, 2.75) is 19.3 Å². The minimum atomic E-state index is -0.402. The van der Waals surface area contributed by atoms with Gasteiger partial charge in [-0.15, -0.1) is 16.4 Å². The molecule has 0 radical (unpaired) electrons. The van der Waals surface area contributed by atoms with Crippen LogP contribution in [0.2, 0.25) is 0 Å². The normalized spacial score (nSPS) is 12.5. The van der Waals surface area contributed by atoms with Crippen LogP contribution >= 0.6 is 11.3 Å². The maximum absolute atomic E-state index is 12.4. The molecule has 0 atom stereocenters. The van der Waals surface area contributed by atoms with Crippen molar-refractivity contribution in [3.05, 3.63) is 46.6 Å². The van der Waals surface area contributed by atoms with Gasteiger partial charge in [-0.05, 0) is 59.5 Å². The Morgan fingerprint density at radius 2 is 2.07 bits per heavy atom. The average molecular weight is 398 g/mol. The molecular formula is C18H18N6O3S. The zero-order valence-corrected chi connectivity index (χ0v) is 16.0. The fourth-order valence-electron chi connectivity index (χ4n) is 3.18. The fraction of sp³-hybridized carbons (Fsp3) is 0.278. The molecule has 1 aliphatic rings. The third-order valence-corrected chi connectivity index (χ3v) is 5.70. The lowest BCUT2D eigenvalue weighted by Gasteiger charge is -2.09. The van der Waals surface area contributed by atoms with Gasteiger partial charge in [0.25, 0.3) is 0 Å². The first-order valence-corrected chi connectivity index (χ1v) is 9.57. The molecule has 1 amide bonds. The number of tetrazole rings is 1. The van der Waals surface area contributed by atoms with E-state index in [0.717, 1.165) is 41.1 Å². The number of fused-ring (bicyclic) bond motifs is 1. The Bertz CT molecular complexity index is 997. The zero-order chi connectivity index (χ0) is 19.5. The molecule has 0 saturated heterocycles. The van der Waals surface area contributed by atoms with Crippen molar-refractivity contribution in [3.8, 4) is 5.69 Å². The van der Waals surface area contributed by atoms with Crippen LogP contribution in [0.5, 0.6) is 0 Å². The summed E-state index contributed by atoms with van der Waals surface area (Å²) in [5.74, 6) is -0.629. The number of aryl methyl sites for hydroxylation is 1. The lowest BCUT2D eigenvalue weighted by atomic mass is 10.1. The van der Waals surface area contributed by atoms with Crippen LogP contribution in [0.4, 0.5) is 10.7 Å². The Morgan fingerprint density at radius 1 is 1.25 bits per heavy atom. The molecule has 2 N–H and O–H groups in total. The first-order valence-electron chi connectivity index (χ1n) is 8.75. The standard InChI is InChI=1S/C18H18N6O3S/c1-27-18(26)16-13-3-2-4-14(13)28-17(16)21-15(25)9-19-11-5-7-12(8-6-11)24-10-20-22-23-24/h5-8,10,19H,2-4,9H2,1H3,(H,21,25). The Hall–Kier alpha value is -3.27. The number of aromatic nitrogens is 4. The van der Waals surface area contributed by atoms with Crippen LogP contribution in [0.1, 0.15) is 27.2 Å². The van der Waals surface area contributed by atoms with E-state index in [0.29, 0.717) is 10.6 Å². The van der Waals surface area contributed by atoms with E-state index in [2.05, 4.69) is 26.2 Å². The minimum absolute atomic E-state index is 0.0768. The van der Waals surface area contributed by atoms with Gasteiger partial charge in [-0.25, -0.2) is 9.48 Å². The monoisotopic (exact) mass is 398 g/mol. The summed E-state index contributed by atoms with van der Waals surface area (Å²) in [5, 5.41) is 17.5. The lowest BCUT2D eigenvalue weighted by molar-refractivity contribution is -0.114. The van der Waals surface area contributed by atoms with Crippen LogP contribution < -0.4 is 10.6 Å². The van der Waals surface area contributed by atoms with E-state index in [9.17, 15) is 9.59 Å². The molecule has 0 bridgehead atoms. The molecule has 0 unspecified atom stereocenters. The van der Waals surface area contributed by atoms with Gasteiger partial charge in [-0.1, -0.05) is 0 Å². The van der Waals surface area contributed by atoms with E-state index >= 15 is 0 Å². The molecule has 144 valence electrons. The van der Waals surface area contributed by atoms with Gasteiger partial charge < -0.3 is 15.4 Å². The number of anilines is 2. The Balaban J connectivity index is 1.39. The maximum atomic E-state index is 12.4. The van der Waals surface area contributed by atoms with Crippen LogP contribution in [0.25, 0.3) is 5.69 Å². The van der Waals surface area contributed by atoms with Crippen molar-refractivity contribution in [1.29, 1.82) is 0 Å². The van der Waals surface area contributed by atoms with Crippen LogP contribution in [-0.2, 0) is 22.4 Å². The lowest BCUT2D eigenvalue weighted by Crippen LogP contribution is -2.22. The van der Waals surface area contributed by atoms with Gasteiger partial charge in [-0.3, -0.25) is 4.79 Å². The van der Waals surface area contributed by atoms with Crippen molar-refractivity contribution < 1.29 is 14.3 Å². The second kappa shape index (κ2) is 7.77. The summed E-state index contributed by atoms with van der Waals surface area (Å²) in [6.07, 6.45) is 4.32. The number of carbonyl (C=O) groups is 2. The molecule has 10 heteroatoms. The molecule has 4 rings (SSSR count). The average Bonchev–Trinajstić information content (AvgIpc) is 3.44. The first kappa shape index (κ1) is 18.1. The predicted octanol–water partition coefficient (Wildman–Crippen LogP) is 2.05. The molecule has 0 spiro atoms. The molecule has 1 aromatic carbocycles. The largest absolute Gasteiger partial charge is 0.465 e. The van der Waals surface area contributed by atoms with Crippen LogP contribution in [0, 0.1) is 0 Å². The molecule has 0 fully saturated rings. The Morgan fingerprint density at radius 3 is 2.79 bits per heavy atom. The number of amides is 1. The molecular weight excluding hydrogens is 380 g/mol. The van der Waals surface area contributed by atoms with Crippen LogP contribution in [0.3, 0.4) is 0 Å². The number of methoxy groups -OCH3 is 1. The third kappa shape index (κ3) is 3.58. The summed E-state index contributed by atoms with van der Waals surface area (Å²) >= 11 is 1.46. The van der Waals surface area contributed by atoms with Gasteiger partial charge in [0.05, 0.1) is 24.9 Å². The molecule has 1 aliphatic carbocycles. The molecule has 28 heavy (non-hydrogen) atoms. The number of thiophene rings is 1. The van der Waals surface area contributed by atoms with Crippen LogP contribution in [-0.4, -0.2) is 45.7 Å². The zero-order valence-electron chi connectivity index (χ0n) is 15.1. The van der Waals surface area contributed by atoms with E-state index in [1.807, 2.05) is 24.3 Å². The van der Waals surface area contributed by atoms with E-state index in [1.54, 1.807) is 4.68 Å². The summed E-state index contributed by atoms with van der Waals surface area (Å²) < 4.78 is 6.44. The molecule has 0 aliphatic heterocycles. The van der Waals surface area contributed by atoms with Gasteiger partial charge >= 0.3 is 5.97 Å². The van der Waals surface area contributed by atoms with Gasteiger partial charge in [0.2, 0.25) is 5.91 Å². The number of ether oxygens (including phenoxy) is 1. The van der Waals surface area contributed by atoms with Crippen molar-refractivity contribution in [2.75, 3.05) is 24.3 Å². The second-order valence-corrected chi connectivity index (χ2v) is 7.36. The Kier molecular flexibility index (Phi) is 5.02. The van der Waals surface area contributed by atoms with Crippen molar-refractivity contribution in [1.82, 2.24) is 20.2 Å². The molecule has 0 saturated carbocycles. The number of nitrogens with zero attached hydrogens (tertiary/aromatic N) is 4. The van der Waals surface area contributed by atoms with E-state index in [1.165, 1.54) is 24.8 Å². The number of rotatable bonds is 6. The van der Waals surface area contributed by atoms with Gasteiger partial charge in [-0.2, -0.15) is 0 Å². The van der Waals surface area contributed by atoms with Gasteiger partial charge in [0, 0.05) is 10.6 Å². The molecule has 3 aromatic rings. The predicted molar refractivity (Wildman–Crippen MR) is 104 cm³/mol. The Labute approximate surface area is 164 Å². The topological polar surface area (TPSA) is 111 Å². The highest BCUT2D eigenvalue weighted by Crippen LogP contribution is 2.39. The SMILES string of the molecule is COC(=O)c1c(NC(=O)CNc2ccc(-n3cnnn3)cc2)sc2c1CCC2. The maximum Gasteiger partial charge on any atom is 0.341 e. The quantitative estimate of drug-likeness (QED) is 0.611. The number of benzene rings is 1. The number of esters is 1. The van der Waals surface area contributed by atoms with Crippen molar-refractivity contribution in [2.24, 2.45) is 0 Å². The van der Waals surface area contributed by atoms with Crippen LogP contribution in [0.15, 0.2) is 30.6 Å². The summed E-state index contributed by atoms with van der Waals surface area (Å²) in [7, 11) is 1.35. The minimum Gasteiger partial charge on any atom is -0.465 e. The fourth-order valence-corrected chi connectivity index (χ4v) is 4.47. The highest BCUT2D eigenvalue weighted by molar-refractivity contribution is 7.17. The van der Waals surface area contributed by atoms with E-state index in [-0.39, 0.29) is 12.5 Å². The first-order chi connectivity index (χ1) is 13.7. The third-order valence-electron chi connectivity index (χ3n) is 4.50. The smallest absolute Gasteiger partial charge is 0.341 e. The summed E-state index contributed by atoms with van der Waals surface area (Å²) in [5.41, 5.74) is 3.11. The summed E-state index contributed by atoms with van der Waals surface area (Å²) in [6.45, 7) is 0.0768. The molecule has 9 nitrogen and oxygen atoms in total. The number of carbonyl (C=O) groups excluding carboxylic acids is 2. The van der Waals surface area contributed by atoms with E-state index in [4.69, 9.17) is 4.74 Å². The number of nitrogens with one attached hydrogen (secondary N) is 2. The van der Waals surface area contributed by atoms with Crippen molar-refractivity contribution in [3.63, 3.8) is 0 Å². The van der Waals surface area contributed by atoms with E-state index < -0.39 is 5.97 Å². The highest BCUT2D eigenvalue weighted by Gasteiger charge is 2.27.